The average molecular weight is 541 g/mol. The van der Waals surface area contributed by atoms with Crippen LogP contribution in [0.3, 0.4) is 0 Å². The maximum absolute atomic E-state index is 10.7. The van der Waals surface area contributed by atoms with Crippen LogP contribution in [0, 0.1) is 0 Å². The van der Waals surface area contributed by atoms with E-state index in [1.165, 1.54) is 6.08 Å². The molecule has 0 aliphatic rings. The normalized spacial score (nSPS) is 9.58. The van der Waals surface area contributed by atoms with Gasteiger partial charge in [-0.2, -0.15) is 0 Å². The molecule has 0 aromatic heterocycles. The van der Waals surface area contributed by atoms with Crippen LogP contribution >= 0.6 is 0 Å². The highest BCUT2D eigenvalue weighted by atomic mass is 16.5. The Morgan fingerprint density at radius 2 is 1.21 bits per heavy atom. The minimum absolute atomic E-state index is 0.284. The van der Waals surface area contributed by atoms with E-state index in [1.807, 2.05) is 13.8 Å². The molecule has 0 aliphatic heterocycles. The largest absolute Gasteiger partial charge is 0.478 e. The van der Waals surface area contributed by atoms with Crippen molar-refractivity contribution in [2.24, 2.45) is 0 Å². The molecule has 8 heteroatoms. The lowest BCUT2D eigenvalue weighted by Gasteiger charge is -2.01. The number of hydrogen-bond donors (Lipinski definition) is 2. The van der Waals surface area contributed by atoms with Crippen LogP contribution < -0.4 is 0 Å². The van der Waals surface area contributed by atoms with Crippen molar-refractivity contribution in [2.45, 2.75) is 106 Å². The summed E-state index contributed by atoms with van der Waals surface area (Å²) in [6.07, 6.45) is 12.5. The molecule has 0 heterocycles. The van der Waals surface area contributed by atoms with Crippen molar-refractivity contribution in [1.82, 2.24) is 0 Å². The first-order valence-electron chi connectivity index (χ1n) is 13.3. The Morgan fingerprint density at radius 3 is 1.58 bits per heavy atom. The zero-order chi connectivity index (χ0) is 30.4. The molecule has 0 fully saturated rings. The Kier molecular flexibility index (Phi) is 35.2. The predicted octanol–water partition coefficient (Wildman–Crippen LogP) is 7.45. The molecule has 0 rings (SSSR count). The van der Waals surface area contributed by atoms with Gasteiger partial charge in [-0.25, -0.2) is 19.2 Å². The van der Waals surface area contributed by atoms with E-state index < -0.39 is 11.9 Å². The number of aliphatic carboxylic acids is 2. The quantitative estimate of drug-likeness (QED) is 0.117. The van der Waals surface area contributed by atoms with E-state index in [1.54, 1.807) is 19.9 Å². The van der Waals surface area contributed by atoms with Crippen LogP contribution in [0.1, 0.15) is 106 Å². The molecule has 0 amide bonds. The second-order valence-electron chi connectivity index (χ2n) is 8.34. The summed E-state index contributed by atoms with van der Waals surface area (Å²) in [4.78, 5) is 41.4. The highest BCUT2D eigenvalue weighted by Crippen LogP contribution is 2.03. The molecule has 8 nitrogen and oxygen atoms in total. The molecule has 0 saturated heterocycles. The van der Waals surface area contributed by atoms with Crippen LogP contribution in [0.25, 0.3) is 0 Å². The SMILES string of the molecule is C=C(C)C(=O)OCCCC.C=C(CCCC)C(=O)O.C=CC(=O)OCCCC.CCCCC=C(C)C(=O)O. The third kappa shape index (κ3) is 37.4. The van der Waals surface area contributed by atoms with Gasteiger partial charge in [0.25, 0.3) is 0 Å². The number of unbranched alkanes of at least 4 members (excludes halogenated alkanes) is 5. The van der Waals surface area contributed by atoms with E-state index in [-0.39, 0.29) is 11.9 Å². The number of ether oxygens (including phenoxy) is 2. The number of carbonyl (C=O) groups is 4. The molecule has 0 aromatic rings. The lowest BCUT2D eigenvalue weighted by molar-refractivity contribution is -0.139. The molecule has 220 valence electrons. The van der Waals surface area contributed by atoms with Crippen molar-refractivity contribution < 1.29 is 38.9 Å². The number of carboxylic acids is 2. The smallest absolute Gasteiger partial charge is 0.333 e. The summed E-state index contributed by atoms with van der Waals surface area (Å²) in [5, 5.41) is 16.7. The van der Waals surface area contributed by atoms with Crippen LogP contribution in [-0.4, -0.2) is 47.3 Å². The number of carboxylic acid groups (broad SMARTS) is 2. The van der Waals surface area contributed by atoms with E-state index in [0.717, 1.165) is 57.8 Å². The number of allylic oxidation sites excluding steroid dienone is 1. The van der Waals surface area contributed by atoms with Crippen molar-refractivity contribution in [2.75, 3.05) is 13.2 Å². The molecule has 0 saturated carbocycles. The maximum atomic E-state index is 10.7. The minimum atomic E-state index is -0.872. The molecule has 0 unspecified atom stereocenters. The van der Waals surface area contributed by atoms with Gasteiger partial charge in [0.2, 0.25) is 0 Å². The van der Waals surface area contributed by atoms with Gasteiger partial charge >= 0.3 is 23.9 Å². The molecule has 0 aliphatic carbocycles. The molecule has 0 radical (unpaired) electrons. The van der Waals surface area contributed by atoms with E-state index in [2.05, 4.69) is 38.3 Å². The van der Waals surface area contributed by atoms with Crippen molar-refractivity contribution in [3.8, 4) is 0 Å². The molecule has 0 atom stereocenters. The first kappa shape index (κ1) is 41.9. The molecule has 0 aromatic carbocycles. The summed E-state index contributed by atoms with van der Waals surface area (Å²) in [5.74, 6) is -2.29. The van der Waals surface area contributed by atoms with Crippen LogP contribution in [-0.2, 0) is 28.7 Å². The summed E-state index contributed by atoms with van der Waals surface area (Å²) in [6.45, 7) is 22.6. The van der Waals surface area contributed by atoms with Crippen LogP contribution in [0.5, 0.6) is 0 Å². The third-order valence-electron chi connectivity index (χ3n) is 4.47. The second kappa shape index (κ2) is 31.9. The molecule has 38 heavy (non-hydrogen) atoms. The molecular formula is C30H52O8. The highest BCUT2D eigenvalue weighted by molar-refractivity contribution is 5.87. The van der Waals surface area contributed by atoms with Crippen molar-refractivity contribution >= 4 is 23.9 Å². The van der Waals surface area contributed by atoms with Gasteiger partial charge in [0.15, 0.2) is 0 Å². The van der Waals surface area contributed by atoms with Crippen LogP contribution in [0.2, 0.25) is 0 Å². The second-order valence-corrected chi connectivity index (χ2v) is 8.34. The van der Waals surface area contributed by atoms with E-state index in [9.17, 15) is 19.2 Å². The van der Waals surface area contributed by atoms with Crippen LogP contribution in [0.15, 0.2) is 48.6 Å². The van der Waals surface area contributed by atoms with Crippen LogP contribution in [0.4, 0.5) is 0 Å². The van der Waals surface area contributed by atoms with Gasteiger partial charge in [0.05, 0.1) is 13.2 Å². The highest BCUT2D eigenvalue weighted by Gasteiger charge is 2.01. The van der Waals surface area contributed by atoms with Gasteiger partial charge in [-0.1, -0.05) is 85.6 Å². The number of carbonyl (C=O) groups excluding carboxylic acids is 2. The average Bonchev–Trinajstić information content (AvgIpc) is 2.88. The Labute approximate surface area is 230 Å². The summed E-state index contributed by atoms with van der Waals surface area (Å²) < 4.78 is 9.48. The lowest BCUT2D eigenvalue weighted by Crippen LogP contribution is -2.05. The fourth-order valence-electron chi connectivity index (χ4n) is 1.92. The van der Waals surface area contributed by atoms with E-state index >= 15 is 0 Å². The fraction of sp³-hybridized carbons (Fsp3) is 0.600. The zero-order valence-electron chi connectivity index (χ0n) is 24.6. The molecule has 0 bridgehead atoms. The molecule has 2 N–H and O–H groups in total. The van der Waals surface area contributed by atoms with Crippen molar-refractivity contribution in [3.05, 3.63) is 48.6 Å². The fourth-order valence-corrected chi connectivity index (χ4v) is 1.92. The van der Waals surface area contributed by atoms with Crippen molar-refractivity contribution in [3.63, 3.8) is 0 Å². The molecule has 0 spiro atoms. The number of rotatable bonds is 16. The first-order valence-corrected chi connectivity index (χ1v) is 13.3. The van der Waals surface area contributed by atoms with Gasteiger partial charge in [-0.15, -0.1) is 0 Å². The maximum Gasteiger partial charge on any atom is 0.333 e. The minimum Gasteiger partial charge on any atom is -0.478 e. The Bertz CT molecular complexity index is 718. The summed E-state index contributed by atoms with van der Waals surface area (Å²) in [6, 6.07) is 0. The van der Waals surface area contributed by atoms with Gasteiger partial charge in [-0.3, -0.25) is 0 Å². The summed E-state index contributed by atoms with van der Waals surface area (Å²) in [7, 11) is 0. The van der Waals surface area contributed by atoms with Gasteiger partial charge in [0, 0.05) is 22.8 Å². The van der Waals surface area contributed by atoms with Gasteiger partial charge in [0.1, 0.15) is 0 Å². The summed E-state index contributed by atoms with van der Waals surface area (Å²) in [5.41, 5.74) is 1.24. The zero-order valence-corrected chi connectivity index (χ0v) is 24.6. The predicted molar refractivity (Wildman–Crippen MR) is 154 cm³/mol. The van der Waals surface area contributed by atoms with E-state index in [4.69, 9.17) is 14.9 Å². The van der Waals surface area contributed by atoms with E-state index in [0.29, 0.717) is 36.4 Å². The molecular weight excluding hydrogens is 488 g/mol. The van der Waals surface area contributed by atoms with Gasteiger partial charge < -0.3 is 19.7 Å². The Balaban J connectivity index is -0.000000203. The summed E-state index contributed by atoms with van der Waals surface area (Å²) >= 11 is 0. The number of hydrogen-bond acceptors (Lipinski definition) is 6. The van der Waals surface area contributed by atoms with Crippen molar-refractivity contribution in [1.29, 1.82) is 0 Å². The Hall–Kier alpha value is -3.16. The first-order chi connectivity index (χ1) is 17.9. The monoisotopic (exact) mass is 540 g/mol. The van der Waals surface area contributed by atoms with Gasteiger partial charge in [-0.05, 0) is 46.0 Å². The number of esters is 2. The lowest BCUT2D eigenvalue weighted by atomic mass is 10.1. The standard InChI is InChI=1S/2C8H14O2.2C7H12O2/c1-4-5-6-10-8(9)7(2)3;1-3-4-5-6-7(2)8(9)10;1-3-4-5-6(2)7(8)9;1-3-5-6-9-7(8)4-2/h2,4-6H2,1,3H3;6H,3-5H2,1-2H3,(H,9,10);2-5H2,1H3,(H,8,9);4H,2-3,5-6H2,1H3. The Morgan fingerprint density at radius 1 is 0.737 bits per heavy atom. The third-order valence-corrected chi connectivity index (χ3v) is 4.47. The topological polar surface area (TPSA) is 127 Å².